The molecule has 0 bridgehead atoms. The van der Waals surface area contributed by atoms with Crippen LogP contribution in [0, 0.1) is 27.7 Å². The fraction of sp³-hybridized carbons (Fsp3) is 0.455. The van der Waals surface area contributed by atoms with Crippen LogP contribution in [0.2, 0.25) is 0 Å². The van der Waals surface area contributed by atoms with E-state index in [-0.39, 0.29) is 8.67 Å². The van der Waals surface area contributed by atoms with Gasteiger partial charge < -0.3 is 8.39 Å². The van der Waals surface area contributed by atoms with E-state index in [1.807, 2.05) is 0 Å². The third kappa shape index (κ3) is 2.91. The lowest BCUT2D eigenvalue weighted by Gasteiger charge is -2.16. The molecule has 3 rings (SSSR count). The predicted molar refractivity (Wildman–Crippen MR) is 110 cm³/mol. The molecule has 1 heterocycles. The van der Waals surface area contributed by atoms with E-state index in [0.29, 0.717) is 11.8 Å². The Hall–Kier alpha value is -1.66. The number of benzene rings is 2. The van der Waals surface area contributed by atoms with Gasteiger partial charge in [0.1, 0.15) is 11.2 Å². The van der Waals surface area contributed by atoms with Crippen molar-refractivity contribution in [2.45, 2.75) is 67.2 Å². The first-order valence-corrected chi connectivity index (χ1v) is 9.92. The van der Waals surface area contributed by atoms with Crippen molar-refractivity contribution in [1.29, 1.82) is 0 Å². The molecule has 134 valence electrons. The molecule has 0 spiro atoms. The molecule has 0 saturated carbocycles. The lowest BCUT2D eigenvalue weighted by molar-refractivity contribution is 0.650. The monoisotopic (exact) mass is 356 g/mol. The van der Waals surface area contributed by atoms with Crippen LogP contribution in [0.1, 0.15) is 72.9 Å². The average molecular weight is 356 g/mol. The summed E-state index contributed by atoms with van der Waals surface area (Å²) in [5.41, 5.74) is 9.78. The Kier molecular flexibility index (Phi) is 4.77. The van der Waals surface area contributed by atoms with E-state index < -0.39 is 0 Å². The highest BCUT2D eigenvalue weighted by Gasteiger charge is 2.19. The maximum absolute atomic E-state index is 6.19. The van der Waals surface area contributed by atoms with E-state index in [4.69, 9.17) is 8.39 Å². The summed E-state index contributed by atoms with van der Waals surface area (Å²) in [5, 5.41) is 2.46. The Balaban J connectivity index is 2.72. The highest BCUT2D eigenvalue weighted by atomic mass is 31.1. The van der Waals surface area contributed by atoms with E-state index in [0.717, 1.165) is 11.2 Å². The second-order valence-corrected chi connectivity index (χ2v) is 8.40. The summed E-state index contributed by atoms with van der Waals surface area (Å²) < 4.78 is 12.4. The number of rotatable bonds is 2. The van der Waals surface area contributed by atoms with Gasteiger partial charge in [0.2, 0.25) is 8.67 Å². The van der Waals surface area contributed by atoms with Crippen molar-refractivity contribution in [2.24, 2.45) is 0 Å². The van der Waals surface area contributed by atoms with E-state index in [1.165, 1.54) is 44.2 Å². The summed E-state index contributed by atoms with van der Waals surface area (Å²) in [4.78, 5) is 0. The van der Waals surface area contributed by atoms with Gasteiger partial charge in [0.05, 0.1) is 0 Å². The maximum Gasteiger partial charge on any atom is 0.201 e. The summed E-state index contributed by atoms with van der Waals surface area (Å²) in [7, 11) is -0.00673. The molecule has 3 aromatic rings. The van der Waals surface area contributed by atoms with Crippen molar-refractivity contribution in [3.05, 3.63) is 45.5 Å². The zero-order valence-electron chi connectivity index (χ0n) is 16.6. The first kappa shape index (κ1) is 18.1. The number of fused-ring (bicyclic) bond motifs is 3. The molecule has 0 aliphatic carbocycles. The first-order chi connectivity index (χ1) is 11.7. The third-order valence-corrected chi connectivity index (χ3v) is 6.01. The Labute approximate surface area is 152 Å². The molecule has 0 radical (unpaired) electrons. The topological polar surface area (TPSA) is 26.3 Å². The normalized spacial score (nSPS) is 11.9. The summed E-state index contributed by atoms with van der Waals surface area (Å²) >= 11 is 0. The summed E-state index contributed by atoms with van der Waals surface area (Å²) in [6.45, 7) is 17.7. The molecule has 0 N–H and O–H groups in total. The van der Waals surface area contributed by atoms with Crippen LogP contribution in [0.15, 0.2) is 20.5 Å². The van der Waals surface area contributed by atoms with Gasteiger partial charge in [-0.05, 0) is 72.9 Å². The molecule has 0 amide bonds. The molecule has 0 saturated heterocycles. The molecule has 0 aliphatic heterocycles. The molecule has 0 aliphatic rings. The molecular weight excluding hydrogens is 327 g/mol. The van der Waals surface area contributed by atoms with Crippen molar-refractivity contribution in [1.82, 2.24) is 0 Å². The Bertz CT molecular complexity index is 915. The van der Waals surface area contributed by atoms with Gasteiger partial charge in [0.15, 0.2) is 0 Å². The smallest absolute Gasteiger partial charge is 0.201 e. The Morgan fingerprint density at radius 2 is 1.04 bits per heavy atom. The molecule has 2 nitrogen and oxygen atoms in total. The first-order valence-electron chi connectivity index (χ1n) is 9.11. The molecular formula is C22H29O2P. The number of aryl methyl sites for hydroxylation is 4. The SMILES string of the molecule is Cc1cc(C(C)C)c2o[pH]oc3c(C(C)C)cc(C)c(C)c3c2c1C. The van der Waals surface area contributed by atoms with Crippen LogP contribution in [0.5, 0.6) is 0 Å². The average Bonchev–Trinajstić information content (AvgIpc) is 2.74. The second kappa shape index (κ2) is 6.57. The van der Waals surface area contributed by atoms with E-state index in [1.54, 1.807) is 0 Å². The number of hydrogen-bond donors (Lipinski definition) is 0. The molecule has 0 fully saturated rings. The third-order valence-electron chi connectivity index (χ3n) is 5.44. The van der Waals surface area contributed by atoms with E-state index in [2.05, 4.69) is 67.5 Å². The second-order valence-electron chi connectivity index (χ2n) is 7.82. The summed E-state index contributed by atoms with van der Waals surface area (Å²) in [5.74, 6) is 0.822. The molecule has 0 unspecified atom stereocenters. The van der Waals surface area contributed by atoms with Gasteiger partial charge in [-0.2, -0.15) is 0 Å². The van der Waals surface area contributed by atoms with Gasteiger partial charge in [0.25, 0.3) is 0 Å². The highest BCUT2D eigenvalue weighted by molar-refractivity contribution is 7.15. The Morgan fingerprint density at radius 3 is 1.36 bits per heavy atom. The largest absolute Gasteiger partial charge is 0.421 e. The number of hydrogen-bond acceptors (Lipinski definition) is 2. The van der Waals surface area contributed by atoms with Gasteiger partial charge in [0, 0.05) is 10.8 Å². The van der Waals surface area contributed by atoms with Gasteiger partial charge in [-0.15, -0.1) is 0 Å². The zero-order valence-corrected chi connectivity index (χ0v) is 17.6. The fourth-order valence-corrected chi connectivity index (χ4v) is 4.27. The fourth-order valence-electron chi connectivity index (χ4n) is 3.62. The van der Waals surface area contributed by atoms with Crippen LogP contribution in [0.25, 0.3) is 21.9 Å². The molecule has 0 atom stereocenters. The van der Waals surface area contributed by atoms with Crippen LogP contribution >= 0.6 is 8.67 Å². The van der Waals surface area contributed by atoms with E-state index in [9.17, 15) is 0 Å². The molecule has 25 heavy (non-hydrogen) atoms. The van der Waals surface area contributed by atoms with Crippen LogP contribution in [0.3, 0.4) is 0 Å². The summed E-state index contributed by atoms with van der Waals surface area (Å²) in [6.07, 6.45) is 0. The molecule has 2 aromatic carbocycles. The van der Waals surface area contributed by atoms with Crippen molar-refractivity contribution in [3.8, 4) is 0 Å². The highest BCUT2D eigenvalue weighted by Crippen LogP contribution is 2.40. The van der Waals surface area contributed by atoms with Crippen LogP contribution in [-0.2, 0) is 0 Å². The predicted octanol–water partition coefficient (Wildman–Crippen LogP) is 7.82. The van der Waals surface area contributed by atoms with Crippen LogP contribution in [0.4, 0.5) is 0 Å². The minimum Gasteiger partial charge on any atom is -0.421 e. The lowest BCUT2D eigenvalue weighted by atomic mass is 9.89. The maximum atomic E-state index is 6.19. The van der Waals surface area contributed by atoms with Gasteiger partial charge in [-0.25, -0.2) is 0 Å². The molecule has 3 heteroatoms. The van der Waals surface area contributed by atoms with Crippen LogP contribution < -0.4 is 0 Å². The standard InChI is InChI=1S/C22H29O2P/c1-11(2)17-9-13(5)15(7)19-20-16(8)14(6)10-18(12(3)4)22(20)24-25-23-21(17)19/h9-12,25H,1-8H3. The molecule has 1 aromatic heterocycles. The Morgan fingerprint density at radius 1 is 0.680 bits per heavy atom. The lowest BCUT2D eigenvalue weighted by Crippen LogP contribution is -1.97. The van der Waals surface area contributed by atoms with Crippen molar-refractivity contribution in [2.75, 3.05) is 0 Å². The summed E-state index contributed by atoms with van der Waals surface area (Å²) in [6, 6.07) is 4.56. The van der Waals surface area contributed by atoms with Gasteiger partial charge in [-0.1, -0.05) is 39.8 Å². The van der Waals surface area contributed by atoms with Crippen molar-refractivity contribution >= 4 is 30.6 Å². The van der Waals surface area contributed by atoms with E-state index >= 15 is 0 Å². The van der Waals surface area contributed by atoms with Crippen molar-refractivity contribution < 1.29 is 8.39 Å². The van der Waals surface area contributed by atoms with Gasteiger partial charge >= 0.3 is 0 Å². The zero-order chi connectivity index (χ0) is 18.5. The minimum absolute atomic E-state index is 0.00673. The minimum atomic E-state index is -0.00673. The van der Waals surface area contributed by atoms with Crippen LogP contribution in [-0.4, -0.2) is 0 Å². The van der Waals surface area contributed by atoms with Gasteiger partial charge in [-0.3, -0.25) is 0 Å². The quantitative estimate of drug-likeness (QED) is 0.468. The van der Waals surface area contributed by atoms with Crippen molar-refractivity contribution in [3.63, 3.8) is 0 Å².